The predicted octanol–water partition coefficient (Wildman–Crippen LogP) is 4.02. The summed E-state index contributed by atoms with van der Waals surface area (Å²) in [5.41, 5.74) is 1.88. The van der Waals surface area contributed by atoms with Crippen molar-refractivity contribution in [3.63, 3.8) is 0 Å². The number of ether oxygens (including phenoxy) is 1. The first kappa shape index (κ1) is 18.1. The lowest BCUT2D eigenvalue weighted by Crippen LogP contribution is -2.26. The highest BCUT2D eigenvalue weighted by molar-refractivity contribution is 7.99. The fourth-order valence-electron chi connectivity index (χ4n) is 3.45. The van der Waals surface area contributed by atoms with Crippen molar-refractivity contribution in [3.8, 4) is 5.75 Å². The maximum atomic E-state index is 13.1. The first-order valence-corrected chi connectivity index (χ1v) is 9.69. The Hall–Kier alpha value is -1.66. The molecule has 1 aromatic carbocycles. The van der Waals surface area contributed by atoms with E-state index in [4.69, 9.17) is 16.3 Å². The van der Waals surface area contributed by atoms with Crippen molar-refractivity contribution in [1.29, 1.82) is 0 Å². The number of hydrogen-bond donors (Lipinski definition) is 1. The molecule has 0 aliphatic carbocycles. The van der Waals surface area contributed by atoms with Gasteiger partial charge in [-0.3, -0.25) is 14.2 Å². The Bertz CT molecular complexity index is 839. The SMILES string of the molecule is COc1ccc2c(c1Cl)c(CC(=O)O)c(C)n2C(=O)C1CCSCC1. The van der Waals surface area contributed by atoms with Gasteiger partial charge in [-0.25, -0.2) is 0 Å². The third-order valence-electron chi connectivity index (χ3n) is 4.74. The molecule has 2 heterocycles. The number of rotatable bonds is 4. The van der Waals surface area contributed by atoms with Crippen LogP contribution in [0.2, 0.25) is 5.02 Å². The maximum Gasteiger partial charge on any atom is 0.307 e. The van der Waals surface area contributed by atoms with Gasteiger partial charge in [0.1, 0.15) is 5.75 Å². The van der Waals surface area contributed by atoms with Crippen LogP contribution in [0.4, 0.5) is 0 Å². The Morgan fingerprint density at radius 2 is 2.04 bits per heavy atom. The number of hydrogen-bond acceptors (Lipinski definition) is 4. The van der Waals surface area contributed by atoms with Gasteiger partial charge in [0, 0.05) is 17.0 Å². The van der Waals surface area contributed by atoms with Crippen molar-refractivity contribution in [2.24, 2.45) is 5.92 Å². The average molecular weight is 382 g/mol. The smallest absolute Gasteiger partial charge is 0.307 e. The second-order valence-corrected chi connectivity index (χ2v) is 7.77. The maximum absolute atomic E-state index is 13.1. The Morgan fingerprint density at radius 3 is 2.64 bits per heavy atom. The van der Waals surface area contributed by atoms with E-state index in [1.807, 2.05) is 11.8 Å². The van der Waals surface area contributed by atoms with Crippen molar-refractivity contribution in [2.75, 3.05) is 18.6 Å². The van der Waals surface area contributed by atoms with Crippen LogP contribution in [0.1, 0.15) is 28.9 Å². The third kappa shape index (κ3) is 3.25. The van der Waals surface area contributed by atoms with Gasteiger partial charge in [-0.1, -0.05) is 11.6 Å². The molecule has 0 radical (unpaired) electrons. The zero-order valence-electron chi connectivity index (χ0n) is 14.2. The van der Waals surface area contributed by atoms with Crippen LogP contribution >= 0.6 is 23.4 Å². The summed E-state index contributed by atoms with van der Waals surface area (Å²) < 4.78 is 6.92. The molecule has 3 rings (SSSR count). The zero-order chi connectivity index (χ0) is 18.1. The summed E-state index contributed by atoms with van der Waals surface area (Å²) in [7, 11) is 1.51. The van der Waals surface area contributed by atoms with E-state index in [-0.39, 0.29) is 18.2 Å². The lowest BCUT2D eigenvalue weighted by atomic mass is 10.0. The molecule has 0 spiro atoms. The molecular formula is C18H20ClNO4S. The molecule has 7 heteroatoms. The summed E-state index contributed by atoms with van der Waals surface area (Å²) in [6, 6.07) is 3.50. The molecule has 1 aromatic heterocycles. The van der Waals surface area contributed by atoms with Gasteiger partial charge in [0.25, 0.3) is 0 Å². The summed E-state index contributed by atoms with van der Waals surface area (Å²) in [6.07, 6.45) is 1.51. The molecule has 0 bridgehead atoms. The minimum atomic E-state index is -0.956. The number of carboxylic acids is 1. The fraction of sp³-hybridized carbons (Fsp3) is 0.444. The number of methoxy groups -OCH3 is 1. The monoisotopic (exact) mass is 381 g/mol. The molecule has 25 heavy (non-hydrogen) atoms. The second kappa shape index (κ2) is 7.30. The highest BCUT2D eigenvalue weighted by Gasteiger charge is 2.28. The van der Waals surface area contributed by atoms with Crippen LogP contribution in [0.5, 0.6) is 5.75 Å². The van der Waals surface area contributed by atoms with Gasteiger partial charge in [-0.2, -0.15) is 11.8 Å². The predicted molar refractivity (Wildman–Crippen MR) is 100 cm³/mol. The summed E-state index contributed by atoms with van der Waals surface area (Å²) in [4.78, 5) is 24.5. The van der Waals surface area contributed by atoms with Crippen molar-refractivity contribution < 1.29 is 19.4 Å². The summed E-state index contributed by atoms with van der Waals surface area (Å²) >= 11 is 8.32. The highest BCUT2D eigenvalue weighted by Crippen LogP contribution is 2.39. The number of benzene rings is 1. The van der Waals surface area contributed by atoms with E-state index >= 15 is 0 Å². The fourth-order valence-corrected chi connectivity index (χ4v) is 4.91. The van der Waals surface area contributed by atoms with Gasteiger partial charge in [0.2, 0.25) is 5.91 Å². The minimum absolute atomic E-state index is 0.0284. The standard InChI is InChI=1S/C18H20ClNO4S/c1-10-12(9-15(21)22)16-13(3-4-14(24-2)17(16)19)20(10)18(23)11-5-7-25-8-6-11/h3-4,11H,5-9H2,1-2H3,(H,21,22). The van der Waals surface area contributed by atoms with Gasteiger partial charge in [-0.05, 0) is 49.0 Å². The van der Waals surface area contributed by atoms with E-state index in [1.165, 1.54) is 7.11 Å². The largest absolute Gasteiger partial charge is 0.495 e. The first-order valence-electron chi connectivity index (χ1n) is 8.15. The molecule has 134 valence electrons. The molecular weight excluding hydrogens is 362 g/mol. The molecule has 0 amide bonds. The Kier molecular flexibility index (Phi) is 5.29. The normalized spacial score (nSPS) is 15.5. The number of nitrogens with zero attached hydrogens (tertiary/aromatic N) is 1. The van der Waals surface area contributed by atoms with E-state index in [1.54, 1.807) is 23.6 Å². The number of thioether (sulfide) groups is 1. The molecule has 5 nitrogen and oxygen atoms in total. The number of halogens is 1. The number of carbonyl (C=O) groups is 2. The summed E-state index contributed by atoms with van der Waals surface area (Å²) in [5, 5.41) is 10.2. The van der Waals surface area contributed by atoms with Crippen LogP contribution in [0.15, 0.2) is 12.1 Å². The second-order valence-electron chi connectivity index (χ2n) is 6.17. The molecule has 0 saturated carbocycles. The highest BCUT2D eigenvalue weighted by atomic mass is 35.5. The number of carboxylic acid groups (broad SMARTS) is 1. The summed E-state index contributed by atoms with van der Waals surface area (Å²) in [5.74, 6) is 1.47. The van der Waals surface area contributed by atoms with E-state index < -0.39 is 5.97 Å². The van der Waals surface area contributed by atoms with Gasteiger partial charge in [0.05, 0.1) is 24.1 Å². The van der Waals surface area contributed by atoms with Gasteiger partial charge >= 0.3 is 5.97 Å². The number of fused-ring (bicyclic) bond motifs is 1. The molecule has 1 aliphatic heterocycles. The van der Waals surface area contributed by atoms with Crippen LogP contribution < -0.4 is 4.74 Å². The lowest BCUT2D eigenvalue weighted by molar-refractivity contribution is -0.136. The van der Waals surface area contributed by atoms with Gasteiger partial charge < -0.3 is 9.84 Å². The van der Waals surface area contributed by atoms with Crippen molar-refractivity contribution in [3.05, 3.63) is 28.4 Å². The van der Waals surface area contributed by atoms with Crippen LogP contribution in [0.3, 0.4) is 0 Å². The van der Waals surface area contributed by atoms with Crippen molar-refractivity contribution in [2.45, 2.75) is 26.2 Å². The number of carbonyl (C=O) groups excluding carboxylic acids is 1. The zero-order valence-corrected chi connectivity index (χ0v) is 15.7. The van der Waals surface area contributed by atoms with E-state index in [0.717, 1.165) is 24.3 Å². The quantitative estimate of drug-likeness (QED) is 0.866. The van der Waals surface area contributed by atoms with E-state index in [9.17, 15) is 14.7 Å². The molecule has 1 N–H and O–H groups in total. The van der Waals surface area contributed by atoms with Crippen LogP contribution in [0.25, 0.3) is 10.9 Å². The van der Waals surface area contributed by atoms with Gasteiger partial charge in [0.15, 0.2) is 0 Å². The van der Waals surface area contributed by atoms with Crippen LogP contribution in [-0.2, 0) is 11.2 Å². The third-order valence-corrected chi connectivity index (χ3v) is 6.16. The molecule has 2 aromatic rings. The van der Waals surface area contributed by atoms with Gasteiger partial charge in [-0.15, -0.1) is 0 Å². The lowest BCUT2D eigenvalue weighted by Gasteiger charge is -2.21. The van der Waals surface area contributed by atoms with E-state index in [0.29, 0.717) is 32.9 Å². The van der Waals surface area contributed by atoms with Crippen molar-refractivity contribution in [1.82, 2.24) is 4.57 Å². The number of aromatic nitrogens is 1. The molecule has 1 aliphatic rings. The minimum Gasteiger partial charge on any atom is -0.495 e. The number of aliphatic carboxylic acids is 1. The Balaban J connectivity index is 2.21. The average Bonchev–Trinajstić information content (AvgIpc) is 2.87. The van der Waals surface area contributed by atoms with Crippen LogP contribution in [0, 0.1) is 12.8 Å². The Morgan fingerprint density at radius 1 is 1.36 bits per heavy atom. The molecule has 1 fully saturated rings. The van der Waals surface area contributed by atoms with Crippen LogP contribution in [-0.4, -0.2) is 40.2 Å². The topological polar surface area (TPSA) is 68.5 Å². The molecule has 0 unspecified atom stereocenters. The van der Waals surface area contributed by atoms with E-state index in [2.05, 4.69) is 0 Å². The molecule has 1 saturated heterocycles. The van der Waals surface area contributed by atoms with Crippen molar-refractivity contribution >= 4 is 46.1 Å². The Labute approximate surface area is 155 Å². The summed E-state index contributed by atoms with van der Waals surface area (Å²) in [6.45, 7) is 1.79. The first-order chi connectivity index (χ1) is 12.0. The molecule has 0 atom stereocenters.